The average molecular weight is 384 g/mol. The first-order chi connectivity index (χ1) is 13.6. The second-order valence-electron chi connectivity index (χ2n) is 8.24. The van der Waals surface area contributed by atoms with Crippen molar-refractivity contribution in [2.45, 2.75) is 76.7 Å². The molecule has 2 aliphatic rings. The molecule has 0 unspecified atom stereocenters. The molecule has 3 rings (SSSR count). The standard InChI is InChI=1S/C24H30FNO2/c1-2-17-3-7-19(8-4-17)20-9-11-21(12-10-20)24(27)28-23-13-5-18(6-14-23)15-22(25)16-26/h3-4,7-8,15,18,20-21,23H,2,5-6,9-14H2,1H3/b22-15+. The predicted octanol–water partition coefficient (Wildman–Crippen LogP) is 6.00. The van der Waals surface area contributed by atoms with Crippen molar-refractivity contribution in [2.24, 2.45) is 11.8 Å². The molecule has 0 saturated heterocycles. The van der Waals surface area contributed by atoms with Crippen LogP contribution in [0.5, 0.6) is 0 Å². The van der Waals surface area contributed by atoms with Gasteiger partial charge in [-0.3, -0.25) is 4.79 Å². The van der Waals surface area contributed by atoms with Crippen LogP contribution >= 0.6 is 0 Å². The van der Waals surface area contributed by atoms with E-state index in [-0.39, 0.29) is 23.9 Å². The molecule has 0 radical (unpaired) electrons. The number of carbonyl (C=O) groups excluding carboxylic acids is 1. The van der Waals surface area contributed by atoms with Crippen LogP contribution in [0.15, 0.2) is 36.2 Å². The highest BCUT2D eigenvalue weighted by Gasteiger charge is 2.31. The van der Waals surface area contributed by atoms with Gasteiger partial charge in [0.2, 0.25) is 0 Å². The molecule has 0 bridgehead atoms. The largest absolute Gasteiger partial charge is 0.462 e. The van der Waals surface area contributed by atoms with Crippen LogP contribution < -0.4 is 0 Å². The fourth-order valence-electron chi connectivity index (χ4n) is 4.57. The summed E-state index contributed by atoms with van der Waals surface area (Å²) in [5.41, 5.74) is 2.75. The highest BCUT2D eigenvalue weighted by atomic mass is 19.1. The Bertz CT molecular complexity index is 718. The lowest BCUT2D eigenvalue weighted by atomic mass is 9.78. The Kier molecular flexibility index (Phi) is 7.25. The van der Waals surface area contributed by atoms with Crippen LogP contribution in [-0.4, -0.2) is 12.1 Å². The number of hydrogen-bond acceptors (Lipinski definition) is 3. The van der Waals surface area contributed by atoms with Crippen molar-refractivity contribution >= 4 is 5.97 Å². The quantitative estimate of drug-likeness (QED) is 0.463. The summed E-state index contributed by atoms with van der Waals surface area (Å²) in [5, 5.41) is 8.53. The first kappa shape index (κ1) is 20.6. The number of nitriles is 1. The number of aryl methyl sites for hydroxylation is 1. The van der Waals surface area contributed by atoms with Crippen molar-refractivity contribution in [3.63, 3.8) is 0 Å². The van der Waals surface area contributed by atoms with Crippen molar-refractivity contribution in [2.75, 3.05) is 0 Å². The number of nitrogens with zero attached hydrogens (tertiary/aromatic N) is 1. The van der Waals surface area contributed by atoms with Crippen LogP contribution in [-0.2, 0) is 16.0 Å². The third kappa shape index (κ3) is 5.44. The molecule has 0 amide bonds. The number of ether oxygens (including phenoxy) is 1. The molecule has 0 N–H and O–H groups in total. The monoisotopic (exact) mass is 383 g/mol. The van der Waals surface area contributed by atoms with Gasteiger partial charge in [0.05, 0.1) is 5.92 Å². The van der Waals surface area contributed by atoms with Crippen LogP contribution in [0.3, 0.4) is 0 Å². The molecule has 1 aromatic carbocycles. The van der Waals surface area contributed by atoms with Gasteiger partial charge in [0.15, 0.2) is 5.83 Å². The molecule has 150 valence electrons. The predicted molar refractivity (Wildman–Crippen MR) is 107 cm³/mol. The summed E-state index contributed by atoms with van der Waals surface area (Å²) in [4.78, 5) is 12.6. The fraction of sp³-hybridized carbons (Fsp3) is 0.583. The van der Waals surface area contributed by atoms with E-state index in [0.717, 1.165) is 57.8 Å². The molecule has 0 heterocycles. The Morgan fingerprint density at radius 1 is 1.11 bits per heavy atom. The minimum Gasteiger partial charge on any atom is -0.462 e. The van der Waals surface area contributed by atoms with Gasteiger partial charge in [-0.15, -0.1) is 0 Å². The number of carbonyl (C=O) groups is 1. The number of esters is 1. The molecule has 4 heteroatoms. The minimum absolute atomic E-state index is 0.0137. The van der Waals surface area contributed by atoms with Gasteiger partial charge in [0.25, 0.3) is 0 Å². The first-order valence-electron chi connectivity index (χ1n) is 10.7. The molecule has 2 saturated carbocycles. The van der Waals surface area contributed by atoms with Gasteiger partial charge in [-0.05, 0) is 86.8 Å². The average Bonchev–Trinajstić information content (AvgIpc) is 2.75. The van der Waals surface area contributed by atoms with E-state index in [0.29, 0.717) is 5.92 Å². The van der Waals surface area contributed by atoms with Crippen molar-refractivity contribution in [1.29, 1.82) is 5.26 Å². The molecule has 0 aliphatic heterocycles. The molecule has 3 nitrogen and oxygen atoms in total. The minimum atomic E-state index is -0.707. The zero-order chi connectivity index (χ0) is 19.9. The van der Waals surface area contributed by atoms with Crippen molar-refractivity contribution in [3.8, 4) is 6.07 Å². The smallest absolute Gasteiger partial charge is 0.309 e. The van der Waals surface area contributed by atoms with Gasteiger partial charge in [0, 0.05) is 0 Å². The summed E-state index contributed by atoms with van der Waals surface area (Å²) in [6.45, 7) is 2.17. The second kappa shape index (κ2) is 9.87. The highest BCUT2D eigenvalue weighted by Crippen LogP contribution is 2.37. The summed E-state index contributed by atoms with van der Waals surface area (Å²) >= 11 is 0. The summed E-state index contributed by atoms with van der Waals surface area (Å²) < 4.78 is 18.8. The maximum absolute atomic E-state index is 13.1. The van der Waals surface area contributed by atoms with E-state index < -0.39 is 5.83 Å². The van der Waals surface area contributed by atoms with Gasteiger partial charge in [0.1, 0.15) is 12.2 Å². The lowest BCUT2D eigenvalue weighted by Crippen LogP contribution is -2.29. The van der Waals surface area contributed by atoms with Gasteiger partial charge in [-0.2, -0.15) is 9.65 Å². The number of halogens is 1. The zero-order valence-corrected chi connectivity index (χ0v) is 16.7. The number of allylic oxidation sites excluding steroid dienone is 2. The fourth-order valence-corrected chi connectivity index (χ4v) is 4.57. The first-order valence-corrected chi connectivity index (χ1v) is 10.7. The maximum atomic E-state index is 13.1. The highest BCUT2D eigenvalue weighted by molar-refractivity contribution is 5.72. The third-order valence-electron chi connectivity index (χ3n) is 6.41. The summed E-state index contributed by atoms with van der Waals surface area (Å²) in [6.07, 6.45) is 9.33. The molecule has 2 aliphatic carbocycles. The third-order valence-corrected chi connectivity index (χ3v) is 6.41. The topological polar surface area (TPSA) is 50.1 Å². The van der Waals surface area contributed by atoms with Gasteiger partial charge in [-0.1, -0.05) is 31.2 Å². The Balaban J connectivity index is 1.42. The van der Waals surface area contributed by atoms with E-state index in [1.807, 2.05) is 0 Å². The normalized spacial score (nSPS) is 28.4. The molecule has 28 heavy (non-hydrogen) atoms. The van der Waals surface area contributed by atoms with E-state index in [4.69, 9.17) is 10.00 Å². The summed E-state index contributed by atoms with van der Waals surface area (Å²) in [5.74, 6) is -0.111. The van der Waals surface area contributed by atoms with Crippen LogP contribution in [0, 0.1) is 23.2 Å². The van der Waals surface area contributed by atoms with E-state index >= 15 is 0 Å². The van der Waals surface area contributed by atoms with E-state index in [2.05, 4.69) is 31.2 Å². The van der Waals surface area contributed by atoms with Crippen molar-refractivity contribution in [1.82, 2.24) is 0 Å². The van der Waals surface area contributed by atoms with Crippen molar-refractivity contribution < 1.29 is 13.9 Å². The summed E-state index contributed by atoms with van der Waals surface area (Å²) in [7, 11) is 0. The molecular weight excluding hydrogens is 353 g/mol. The Morgan fingerprint density at radius 2 is 1.75 bits per heavy atom. The Hall–Kier alpha value is -2.15. The molecule has 0 atom stereocenters. The molecule has 0 spiro atoms. The summed E-state index contributed by atoms with van der Waals surface area (Å²) in [6, 6.07) is 10.4. The van der Waals surface area contributed by atoms with Crippen LogP contribution in [0.2, 0.25) is 0 Å². The zero-order valence-electron chi connectivity index (χ0n) is 16.7. The Morgan fingerprint density at radius 3 is 2.32 bits per heavy atom. The molecule has 0 aromatic heterocycles. The number of benzene rings is 1. The van der Waals surface area contributed by atoms with Gasteiger partial charge >= 0.3 is 5.97 Å². The van der Waals surface area contributed by atoms with Crippen LogP contribution in [0.4, 0.5) is 4.39 Å². The Labute approximate surface area is 167 Å². The number of rotatable bonds is 5. The number of hydrogen-bond donors (Lipinski definition) is 0. The van der Waals surface area contributed by atoms with E-state index in [1.165, 1.54) is 23.3 Å². The van der Waals surface area contributed by atoms with Crippen molar-refractivity contribution in [3.05, 3.63) is 47.3 Å². The van der Waals surface area contributed by atoms with E-state index in [9.17, 15) is 9.18 Å². The van der Waals surface area contributed by atoms with Crippen LogP contribution in [0.25, 0.3) is 0 Å². The van der Waals surface area contributed by atoms with Gasteiger partial charge < -0.3 is 4.74 Å². The molecular formula is C24H30FNO2. The van der Waals surface area contributed by atoms with E-state index in [1.54, 1.807) is 0 Å². The molecule has 2 fully saturated rings. The lowest BCUT2D eigenvalue weighted by Gasteiger charge is -2.31. The SMILES string of the molecule is CCc1ccc(C2CCC(C(=O)OC3CCC(/C=C(/F)C#N)CC3)CC2)cc1. The maximum Gasteiger partial charge on any atom is 0.309 e. The lowest BCUT2D eigenvalue weighted by molar-refractivity contribution is -0.157. The molecule has 1 aromatic rings. The van der Waals surface area contributed by atoms with Gasteiger partial charge in [-0.25, -0.2) is 0 Å². The second-order valence-corrected chi connectivity index (χ2v) is 8.24. The van der Waals surface area contributed by atoms with Crippen LogP contribution in [0.1, 0.15) is 75.3 Å².